The number of methoxy groups -OCH3 is 1. The predicted molar refractivity (Wildman–Crippen MR) is 70.4 cm³/mol. The summed E-state index contributed by atoms with van der Waals surface area (Å²) in [4.78, 5) is 13.4. The number of nitrogens with zero attached hydrogens (tertiary/aromatic N) is 1. The Labute approximate surface area is 108 Å². The number of hydrogen-bond acceptors (Lipinski definition) is 3. The molecule has 1 aliphatic heterocycles. The molecule has 1 aromatic carbocycles. The van der Waals surface area contributed by atoms with Crippen LogP contribution in [0.4, 0.5) is 4.79 Å². The van der Waals surface area contributed by atoms with Crippen molar-refractivity contribution in [1.29, 1.82) is 0 Å². The van der Waals surface area contributed by atoms with Crippen LogP contribution < -0.4 is 5.32 Å². The highest BCUT2D eigenvalue weighted by atomic mass is 16.5. The van der Waals surface area contributed by atoms with Gasteiger partial charge in [-0.15, -0.1) is 0 Å². The summed E-state index contributed by atoms with van der Waals surface area (Å²) in [6.45, 7) is 3.65. The Hall–Kier alpha value is -1.55. The number of carbonyl (C=O) groups is 1. The summed E-state index contributed by atoms with van der Waals surface area (Å²) >= 11 is 0. The lowest BCUT2D eigenvalue weighted by Gasteiger charge is -2.34. The molecular weight excluding hydrogens is 228 g/mol. The number of fused-ring (bicyclic) bond motifs is 1. The topological polar surface area (TPSA) is 41.6 Å². The normalized spacial score (nSPS) is 18.4. The molecule has 1 aromatic rings. The molecule has 0 fully saturated rings. The van der Waals surface area contributed by atoms with Crippen molar-refractivity contribution in [3.63, 3.8) is 0 Å². The van der Waals surface area contributed by atoms with Gasteiger partial charge in [0, 0.05) is 13.1 Å². The van der Waals surface area contributed by atoms with E-state index in [9.17, 15) is 4.79 Å². The van der Waals surface area contributed by atoms with Crippen LogP contribution in [0.15, 0.2) is 18.2 Å². The van der Waals surface area contributed by atoms with Crippen LogP contribution in [0.25, 0.3) is 0 Å². The number of rotatable bonds is 2. The summed E-state index contributed by atoms with van der Waals surface area (Å²) in [5.41, 5.74) is 3.86. The van der Waals surface area contributed by atoms with E-state index in [4.69, 9.17) is 4.74 Å². The Morgan fingerprint density at radius 3 is 3.00 bits per heavy atom. The molecule has 0 aliphatic carbocycles. The Balaban J connectivity index is 2.25. The van der Waals surface area contributed by atoms with Crippen LogP contribution >= 0.6 is 0 Å². The molecule has 1 amide bonds. The van der Waals surface area contributed by atoms with Gasteiger partial charge >= 0.3 is 6.09 Å². The van der Waals surface area contributed by atoms with Gasteiger partial charge in [0.2, 0.25) is 0 Å². The average Bonchev–Trinajstić information content (AvgIpc) is 2.38. The predicted octanol–water partition coefficient (Wildman–Crippen LogP) is 2.09. The highest BCUT2D eigenvalue weighted by molar-refractivity contribution is 5.68. The van der Waals surface area contributed by atoms with Gasteiger partial charge in [0.1, 0.15) is 0 Å². The molecule has 1 aliphatic rings. The van der Waals surface area contributed by atoms with E-state index < -0.39 is 0 Å². The molecule has 1 N–H and O–H groups in total. The van der Waals surface area contributed by atoms with Crippen LogP contribution in [0.2, 0.25) is 0 Å². The maximum absolute atomic E-state index is 11.7. The van der Waals surface area contributed by atoms with Crippen molar-refractivity contribution in [2.24, 2.45) is 0 Å². The molecule has 18 heavy (non-hydrogen) atoms. The van der Waals surface area contributed by atoms with Crippen LogP contribution in [0.3, 0.4) is 0 Å². The first-order valence-corrected chi connectivity index (χ1v) is 6.28. The minimum absolute atomic E-state index is 0.0878. The molecule has 2 rings (SSSR count). The fourth-order valence-electron chi connectivity index (χ4n) is 2.57. The van der Waals surface area contributed by atoms with Crippen LogP contribution in [0, 0.1) is 0 Å². The first-order valence-electron chi connectivity index (χ1n) is 6.28. The van der Waals surface area contributed by atoms with Crippen molar-refractivity contribution in [3.8, 4) is 0 Å². The molecule has 0 radical (unpaired) electrons. The maximum atomic E-state index is 11.7. The Bertz CT molecular complexity index is 445. The summed E-state index contributed by atoms with van der Waals surface area (Å²) in [7, 11) is 3.38. The van der Waals surface area contributed by atoms with Crippen LogP contribution in [-0.2, 0) is 17.7 Å². The van der Waals surface area contributed by atoms with E-state index in [1.807, 2.05) is 14.0 Å². The lowest BCUT2D eigenvalue weighted by atomic mass is 9.92. The monoisotopic (exact) mass is 248 g/mol. The molecule has 0 spiro atoms. The van der Waals surface area contributed by atoms with E-state index in [1.165, 1.54) is 23.8 Å². The molecule has 1 atom stereocenters. The number of amides is 1. The molecule has 98 valence electrons. The minimum Gasteiger partial charge on any atom is -0.453 e. The largest absolute Gasteiger partial charge is 0.453 e. The zero-order valence-corrected chi connectivity index (χ0v) is 11.2. The van der Waals surface area contributed by atoms with Crippen molar-refractivity contribution in [2.75, 3.05) is 20.7 Å². The first-order chi connectivity index (χ1) is 8.67. The van der Waals surface area contributed by atoms with Crippen molar-refractivity contribution < 1.29 is 9.53 Å². The van der Waals surface area contributed by atoms with Crippen LogP contribution in [-0.4, -0.2) is 31.7 Å². The number of ether oxygens (including phenoxy) is 1. The van der Waals surface area contributed by atoms with Crippen LogP contribution in [0.5, 0.6) is 0 Å². The average molecular weight is 248 g/mol. The molecule has 1 heterocycles. The maximum Gasteiger partial charge on any atom is 0.409 e. The second-order valence-corrected chi connectivity index (χ2v) is 4.65. The minimum atomic E-state index is -0.243. The molecule has 0 saturated carbocycles. The highest BCUT2D eigenvalue weighted by Gasteiger charge is 2.27. The van der Waals surface area contributed by atoms with Crippen molar-refractivity contribution in [1.82, 2.24) is 10.2 Å². The van der Waals surface area contributed by atoms with E-state index in [0.717, 1.165) is 19.5 Å². The lowest BCUT2D eigenvalue weighted by molar-refractivity contribution is 0.105. The van der Waals surface area contributed by atoms with E-state index in [2.05, 4.69) is 23.5 Å². The van der Waals surface area contributed by atoms with Crippen LogP contribution in [0.1, 0.15) is 29.7 Å². The highest BCUT2D eigenvalue weighted by Crippen LogP contribution is 2.30. The van der Waals surface area contributed by atoms with E-state index >= 15 is 0 Å². The van der Waals surface area contributed by atoms with Crippen molar-refractivity contribution in [3.05, 3.63) is 34.9 Å². The SMILES string of the molecule is CNCc1ccc2c(c1)CCN(C(=O)OC)C2C. The van der Waals surface area contributed by atoms with Gasteiger partial charge in [0.05, 0.1) is 13.2 Å². The molecule has 4 heteroatoms. The summed E-state index contributed by atoms with van der Waals surface area (Å²) in [6, 6.07) is 6.57. The Morgan fingerprint density at radius 1 is 1.56 bits per heavy atom. The van der Waals surface area contributed by atoms with Crippen molar-refractivity contribution in [2.45, 2.75) is 25.9 Å². The lowest BCUT2D eigenvalue weighted by Crippen LogP contribution is -2.38. The molecular formula is C14H20N2O2. The Morgan fingerprint density at radius 2 is 2.33 bits per heavy atom. The van der Waals surface area contributed by atoms with Gasteiger partial charge in [0.25, 0.3) is 0 Å². The quantitative estimate of drug-likeness (QED) is 0.871. The molecule has 4 nitrogen and oxygen atoms in total. The summed E-state index contributed by atoms with van der Waals surface area (Å²) in [5.74, 6) is 0. The fraction of sp³-hybridized carbons (Fsp3) is 0.500. The molecule has 0 saturated heterocycles. The summed E-state index contributed by atoms with van der Waals surface area (Å²) < 4.78 is 4.81. The van der Waals surface area contributed by atoms with Gasteiger partial charge in [-0.2, -0.15) is 0 Å². The van der Waals surface area contributed by atoms with E-state index in [1.54, 1.807) is 4.90 Å². The summed E-state index contributed by atoms with van der Waals surface area (Å²) in [6.07, 6.45) is 0.652. The zero-order chi connectivity index (χ0) is 13.1. The van der Waals surface area contributed by atoms with Gasteiger partial charge in [0.15, 0.2) is 0 Å². The van der Waals surface area contributed by atoms with E-state index in [0.29, 0.717) is 0 Å². The first kappa shape index (κ1) is 12.9. The number of carbonyl (C=O) groups excluding carboxylic acids is 1. The smallest absolute Gasteiger partial charge is 0.409 e. The number of hydrogen-bond donors (Lipinski definition) is 1. The number of nitrogens with one attached hydrogen (secondary N) is 1. The number of benzene rings is 1. The van der Waals surface area contributed by atoms with Gasteiger partial charge in [-0.25, -0.2) is 4.79 Å². The second-order valence-electron chi connectivity index (χ2n) is 4.65. The Kier molecular flexibility index (Phi) is 3.87. The third-order valence-electron chi connectivity index (χ3n) is 3.54. The van der Waals surface area contributed by atoms with Crippen molar-refractivity contribution >= 4 is 6.09 Å². The molecule has 0 bridgehead atoms. The van der Waals surface area contributed by atoms with Gasteiger partial charge in [-0.3, -0.25) is 0 Å². The molecule has 1 unspecified atom stereocenters. The third-order valence-corrected chi connectivity index (χ3v) is 3.54. The van der Waals surface area contributed by atoms with Gasteiger partial charge in [-0.05, 0) is 37.1 Å². The van der Waals surface area contributed by atoms with E-state index in [-0.39, 0.29) is 12.1 Å². The molecule has 0 aromatic heterocycles. The zero-order valence-electron chi connectivity index (χ0n) is 11.2. The van der Waals surface area contributed by atoms with Gasteiger partial charge in [-0.1, -0.05) is 18.2 Å². The van der Waals surface area contributed by atoms with Gasteiger partial charge < -0.3 is 15.0 Å². The standard InChI is InChI=1S/C14H20N2O2/c1-10-13-5-4-11(9-15-2)8-12(13)6-7-16(10)14(17)18-3/h4-5,8,10,15H,6-7,9H2,1-3H3. The second kappa shape index (κ2) is 5.40. The fourth-order valence-corrected chi connectivity index (χ4v) is 2.57. The third kappa shape index (κ3) is 2.34. The summed E-state index contributed by atoms with van der Waals surface area (Å²) in [5, 5.41) is 3.15.